The smallest absolute Gasteiger partial charge is 0.321 e. The molecule has 1 heterocycles. The van der Waals surface area contributed by atoms with Crippen molar-refractivity contribution in [1.29, 1.82) is 0 Å². The first-order valence-electron chi connectivity index (χ1n) is 9.63. The Balaban J connectivity index is 1.51. The maximum absolute atomic E-state index is 13.3. The van der Waals surface area contributed by atoms with Crippen molar-refractivity contribution in [1.82, 2.24) is 9.80 Å². The Morgan fingerprint density at radius 1 is 1.00 bits per heavy atom. The van der Waals surface area contributed by atoms with Gasteiger partial charge in [0, 0.05) is 59.5 Å². The number of hydrogen-bond donors (Lipinski definition) is 2. The highest BCUT2D eigenvalue weighted by atomic mass is 32.2. The van der Waals surface area contributed by atoms with Crippen LogP contribution in [0.1, 0.15) is 6.92 Å². The van der Waals surface area contributed by atoms with Crippen LogP contribution in [0.5, 0.6) is 0 Å². The van der Waals surface area contributed by atoms with Crippen molar-refractivity contribution in [2.24, 2.45) is 0 Å². The Hall–Kier alpha value is -2.78. The van der Waals surface area contributed by atoms with Crippen molar-refractivity contribution in [3.05, 3.63) is 54.3 Å². The second-order valence-electron chi connectivity index (χ2n) is 7.11. The molecule has 2 atom stereocenters. The van der Waals surface area contributed by atoms with Crippen LogP contribution >= 0.6 is 0 Å². The highest BCUT2D eigenvalue weighted by Gasteiger charge is 2.27. The molecule has 3 rings (SSSR count). The number of amides is 3. The number of carbonyl (C=O) groups excluding carboxylic acids is 2. The summed E-state index contributed by atoms with van der Waals surface area (Å²) in [5.41, 5.74) is 1.01. The fourth-order valence-corrected chi connectivity index (χ4v) is 3.81. The molecule has 9 heteroatoms. The van der Waals surface area contributed by atoms with E-state index in [2.05, 4.69) is 10.6 Å². The number of halogens is 1. The lowest BCUT2D eigenvalue weighted by Gasteiger charge is -2.37. The number of urea groups is 1. The lowest BCUT2D eigenvalue weighted by molar-refractivity contribution is -0.121. The van der Waals surface area contributed by atoms with Gasteiger partial charge in [0.2, 0.25) is 5.91 Å². The molecule has 0 saturated carbocycles. The molecule has 160 valence electrons. The van der Waals surface area contributed by atoms with E-state index in [9.17, 15) is 18.2 Å². The fraction of sp³-hybridized carbons (Fsp3) is 0.333. The Kier molecular flexibility index (Phi) is 7.17. The first-order chi connectivity index (χ1) is 14.3. The summed E-state index contributed by atoms with van der Waals surface area (Å²) in [6, 6.07) is 12.1. The van der Waals surface area contributed by atoms with Gasteiger partial charge in [-0.05, 0) is 43.3 Å². The molecule has 2 N–H and O–H groups in total. The molecular weight excluding hydrogens is 407 g/mol. The number of rotatable bonds is 5. The van der Waals surface area contributed by atoms with Crippen LogP contribution in [-0.4, -0.2) is 64.4 Å². The van der Waals surface area contributed by atoms with Crippen LogP contribution in [0.2, 0.25) is 0 Å². The molecule has 0 aromatic heterocycles. The SMILES string of the molecule is CC(C(=O)Nc1cccc(F)c1)N1CCN(C(=O)Nc2cccc(S(C)=O)c2)CC1. The zero-order chi connectivity index (χ0) is 21.7. The Morgan fingerprint density at radius 3 is 2.27 bits per heavy atom. The van der Waals surface area contributed by atoms with Crippen molar-refractivity contribution in [3.63, 3.8) is 0 Å². The van der Waals surface area contributed by atoms with Gasteiger partial charge in [0.25, 0.3) is 0 Å². The van der Waals surface area contributed by atoms with Gasteiger partial charge in [0.05, 0.1) is 6.04 Å². The first kappa shape index (κ1) is 21.9. The van der Waals surface area contributed by atoms with Crippen LogP contribution in [0.3, 0.4) is 0 Å². The van der Waals surface area contributed by atoms with Gasteiger partial charge in [-0.3, -0.25) is 13.9 Å². The van der Waals surface area contributed by atoms with Crippen molar-refractivity contribution >= 4 is 34.1 Å². The summed E-state index contributed by atoms with van der Waals surface area (Å²) in [6.07, 6.45) is 1.59. The average molecular weight is 433 g/mol. The summed E-state index contributed by atoms with van der Waals surface area (Å²) < 4.78 is 24.9. The maximum atomic E-state index is 13.3. The summed E-state index contributed by atoms with van der Waals surface area (Å²) in [5.74, 6) is -0.626. The van der Waals surface area contributed by atoms with E-state index in [4.69, 9.17) is 0 Å². The van der Waals surface area contributed by atoms with Crippen LogP contribution in [-0.2, 0) is 15.6 Å². The predicted molar refractivity (Wildman–Crippen MR) is 115 cm³/mol. The lowest BCUT2D eigenvalue weighted by atomic mass is 10.2. The van der Waals surface area contributed by atoms with Crippen LogP contribution in [0, 0.1) is 5.82 Å². The third-order valence-electron chi connectivity index (χ3n) is 5.04. The van der Waals surface area contributed by atoms with E-state index in [1.807, 2.05) is 4.90 Å². The van der Waals surface area contributed by atoms with Crippen LogP contribution in [0.15, 0.2) is 53.4 Å². The molecule has 0 radical (unpaired) electrons. The minimum Gasteiger partial charge on any atom is -0.325 e. The Bertz CT molecular complexity index is 947. The third-order valence-corrected chi connectivity index (χ3v) is 5.96. The second kappa shape index (κ2) is 9.82. The molecule has 2 aromatic rings. The molecule has 2 unspecified atom stereocenters. The quantitative estimate of drug-likeness (QED) is 0.761. The van der Waals surface area contributed by atoms with Gasteiger partial charge in [-0.15, -0.1) is 0 Å². The van der Waals surface area contributed by atoms with E-state index in [1.54, 1.807) is 54.5 Å². The van der Waals surface area contributed by atoms with Crippen molar-refractivity contribution in [2.75, 3.05) is 43.1 Å². The highest BCUT2D eigenvalue weighted by Crippen LogP contribution is 2.16. The van der Waals surface area contributed by atoms with Gasteiger partial charge in [-0.2, -0.15) is 0 Å². The average Bonchev–Trinajstić information content (AvgIpc) is 2.73. The minimum atomic E-state index is -1.12. The van der Waals surface area contributed by atoms with Gasteiger partial charge < -0.3 is 15.5 Å². The fourth-order valence-electron chi connectivity index (χ4n) is 3.25. The largest absolute Gasteiger partial charge is 0.325 e. The number of nitrogens with one attached hydrogen (secondary N) is 2. The van der Waals surface area contributed by atoms with Gasteiger partial charge >= 0.3 is 6.03 Å². The number of carbonyl (C=O) groups is 2. The van der Waals surface area contributed by atoms with E-state index < -0.39 is 22.7 Å². The lowest BCUT2D eigenvalue weighted by Crippen LogP contribution is -2.54. The molecule has 30 heavy (non-hydrogen) atoms. The van der Waals surface area contributed by atoms with Crippen molar-refractivity contribution < 1.29 is 18.2 Å². The molecule has 0 bridgehead atoms. The normalized spacial score (nSPS) is 16.6. The van der Waals surface area contributed by atoms with E-state index in [1.165, 1.54) is 12.1 Å². The minimum absolute atomic E-state index is 0.220. The predicted octanol–water partition coefficient (Wildman–Crippen LogP) is 2.74. The number of anilines is 2. The summed E-state index contributed by atoms with van der Waals surface area (Å²) in [4.78, 5) is 29.3. The first-order valence-corrected chi connectivity index (χ1v) is 11.2. The molecule has 7 nitrogen and oxygen atoms in total. The number of hydrogen-bond acceptors (Lipinski definition) is 4. The van der Waals surface area contributed by atoms with Gasteiger partial charge in [0.15, 0.2) is 0 Å². The van der Waals surface area contributed by atoms with Crippen molar-refractivity contribution in [3.8, 4) is 0 Å². The standard InChI is InChI=1S/C21H25FN4O3S/c1-15(20(27)23-17-6-3-5-16(22)13-17)25-9-11-26(12-10-25)21(28)24-18-7-4-8-19(14-18)30(2)29/h3-8,13-15H,9-12H2,1-2H3,(H,23,27)(H,24,28). The molecule has 1 aliphatic heterocycles. The Labute approximate surface area is 177 Å². The number of piperazine rings is 1. The van der Waals surface area contributed by atoms with Crippen molar-refractivity contribution in [2.45, 2.75) is 17.9 Å². The van der Waals surface area contributed by atoms with Gasteiger partial charge in [-0.25, -0.2) is 9.18 Å². The summed E-state index contributed by atoms with van der Waals surface area (Å²) in [5, 5.41) is 5.55. The Morgan fingerprint density at radius 2 is 1.63 bits per heavy atom. The zero-order valence-electron chi connectivity index (χ0n) is 16.9. The van der Waals surface area contributed by atoms with E-state index in [0.717, 1.165) is 0 Å². The summed E-state index contributed by atoms with van der Waals surface area (Å²) >= 11 is 0. The zero-order valence-corrected chi connectivity index (χ0v) is 17.7. The third kappa shape index (κ3) is 5.64. The topological polar surface area (TPSA) is 81.8 Å². The molecule has 1 saturated heterocycles. The van der Waals surface area contributed by atoms with Crippen LogP contribution in [0.4, 0.5) is 20.6 Å². The molecule has 2 aromatic carbocycles. The molecular formula is C21H25FN4O3S. The van der Waals surface area contributed by atoms with E-state index in [-0.39, 0.29) is 11.9 Å². The maximum Gasteiger partial charge on any atom is 0.321 e. The van der Waals surface area contributed by atoms with Crippen LogP contribution in [0.25, 0.3) is 0 Å². The molecule has 1 fully saturated rings. The number of nitrogens with zero attached hydrogens (tertiary/aromatic N) is 2. The molecule has 1 aliphatic rings. The molecule has 0 aliphatic carbocycles. The van der Waals surface area contributed by atoms with Crippen LogP contribution < -0.4 is 10.6 Å². The highest BCUT2D eigenvalue weighted by molar-refractivity contribution is 7.84. The monoisotopic (exact) mass is 432 g/mol. The van der Waals surface area contributed by atoms with E-state index >= 15 is 0 Å². The second-order valence-corrected chi connectivity index (χ2v) is 8.49. The molecule has 3 amide bonds. The summed E-state index contributed by atoms with van der Waals surface area (Å²) in [6.45, 7) is 3.83. The van der Waals surface area contributed by atoms with Gasteiger partial charge in [0.1, 0.15) is 5.82 Å². The number of benzene rings is 2. The summed E-state index contributed by atoms with van der Waals surface area (Å²) in [7, 11) is -1.12. The van der Waals surface area contributed by atoms with Gasteiger partial charge in [-0.1, -0.05) is 12.1 Å². The molecule has 0 spiro atoms. The van der Waals surface area contributed by atoms with E-state index in [0.29, 0.717) is 42.4 Å².